The fourth-order valence-electron chi connectivity index (χ4n) is 2.05. The summed E-state index contributed by atoms with van der Waals surface area (Å²) in [4.78, 5) is 20.7. The van der Waals surface area contributed by atoms with Crippen LogP contribution in [0.25, 0.3) is 0 Å². The fourth-order valence-corrected chi connectivity index (χ4v) is 3.56. The highest BCUT2D eigenvalue weighted by Gasteiger charge is 2.22. The van der Waals surface area contributed by atoms with Gasteiger partial charge in [-0.15, -0.1) is 0 Å². The maximum absolute atomic E-state index is 12.5. The molecular weight excluding hydrogens is 322 g/mol. The van der Waals surface area contributed by atoms with Gasteiger partial charge in [-0.3, -0.25) is 10.1 Å². The monoisotopic (exact) mass is 335 g/mol. The van der Waals surface area contributed by atoms with Crippen LogP contribution in [0.1, 0.15) is 21.5 Å². The number of non-ortho nitro benzene ring substituents is 1. The highest BCUT2D eigenvalue weighted by Crippen LogP contribution is 2.24. The van der Waals surface area contributed by atoms with E-state index in [0.29, 0.717) is 5.56 Å². The molecule has 0 bridgehead atoms. The van der Waals surface area contributed by atoms with E-state index in [9.17, 15) is 23.3 Å². The van der Waals surface area contributed by atoms with Crippen LogP contribution in [0.2, 0.25) is 0 Å². The first kappa shape index (κ1) is 16.6. The van der Waals surface area contributed by atoms with Crippen LogP contribution in [0.5, 0.6) is 0 Å². The first-order valence-electron chi connectivity index (χ1n) is 6.51. The summed E-state index contributed by atoms with van der Waals surface area (Å²) in [5.74, 6) is -1.79. The quantitative estimate of drug-likeness (QED) is 0.663. The Bertz CT molecular complexity index is 856. The van der Waals surface area contributed by atoms with Crippen LogP contribution in [0.3, 0.4) is 0 Å². The predicted octanol–water partition coefficient (Wildman–Crippen LogP) is 2.58. The van der Waals surface area contributed by atoms with Crippen molar-refractivity contribution in [2.45, 2.75) is 17.6 Å². The van der Waals surface area contributed by atoms with E-state index >= 15 is 0 Å². The molecular formula is C15H13NO6S. The number of carboxylic acids is 1. The molecule has 0 unspecified atom stereocenters. The third kappa shape index (κ3) is 3.72. The number of nitrogens with zero attached hydrogens (tertiary/aromatic N) is 1. The van der Waals surface area contributed by atoms with E-state index in [2.05, 4.69) is 0 Å². The van der Waals surface area contributed by atoms with Crippen molar-refractivity contribution in [2.24, 2.45) is 0 Å². The van der Waals surface area contributed by atoms with Gasteiger partial charge in [-0.1, -0.05) is 24.3 Å². The molecule has 0 aliphatic carbocycles. The Morgan fingerprint density at radius 3 is 2.43 bits per heavy atom. The second-order valence-electron chi connectivity index (χ2n) is 4.96. The van der Waals surface area contributed by atoms with Gasteiger partial charge in [-0.25, -0.2) is 13.2 Å². The number of nitro benzene ring substituents is 1. The third-order valence-electron chi connectivity index (χ3n) is 3.31. The summed E-state index contributed by atoms with van der Waals surface area (Å²) in [6, 6.07) is 9.48. The van der Waals surface area contributed by atoms with E-state index in [0.717, 1.165) is 23.8 Å². The molecule has 0 saturated carbocycles. The first-order chi connectivity index (χ1) is 10.7. The van der Waals surface area contributed by atoms with Crippen LogP contribution in [0.4, 0.5) is 5.69 Å². The number of hydrogen-bond acceptors (Lipinski definition) is 5. The maximum atomic E-state index is 12.5. The summed E-state index contributed by atoms with van der Waals surface area (Å²) in [6.45, 7) is 1.75. The number of aryl methyl sites for hydroxylation is 1. The Kier molecular flexibility index (Phi) is 4.46. The van der Waals surface area contributed by atoms with Crippen LogP contribution < -0.4 is 0 Å². The minimum atomic E-state index is -3.92. The highest BCUT2D eigenvalue weighted by molar-refractivity contribution is 7.90. The zero-order valence-electron chi connectivity index (χ0n) is 12.1. The summed E-state index contributed by atoms with van der Waals surface area (Å²) in [7, 11) is -3.92. The van der Waals surface area contributed by atoms with Gasteiger partial charge in [0, 0.05) is 12.1 Å². The lowest BCUT2D eigenvalue weighted by Gasteiger charge is -2.08. The van der Waals surface area contributed by atoms with Gasteiger partial charge in [0.05, 0.1) is 21.1 Å². The van der Waals surface area contributed by atoms with Gasteiger partial charge >= 0.3 is 5.97 Å². The topological polar surface area (TPSA) is 115 Å². The SMILES string of the molecule is Cc1ccccc1CS(=O)(=O)c1cc(C(=O)O)cc([N+](=O)[O-])c1. The molecule has 0 spiro atoms. The second-order valence-corrected chi connectivity index (χ2v) is 6.95. The van der Waals surface area contributed by atoms with E-state index in [4.69, 9.17) is 5.11 Å². The molecule has 0 aromatic heterocycles. The van der Waals surface area contributed by atoms with E-state index in [1.807, 2.05) is 0 Å². The standard InChI is InChI=1S/C15H13NO6S/c1-10-4-2-3-5-11(10)9-23(21,22)14-7-12(15(17)18)6-13(8-14)16(19)20/h2-8H,9H2,1H3,(H,17,18). The molecule has 0 fully saturated rings. The van der Waals surface area contributed by atoms with E-state index < -0.39 is 32.0 Å². The van der Waals surface area contributed by atoms with Crippen molar-refractivity contribution < 1.29 is 23.2 Å². The van der Waals surface area contributed by atoms with Gasteiger partial charge in [0.15, 0.2) is 9.84 Å². The van der Waals surface area contributed by atoms with Crippen LogP contribution in [-0.4, -0.2) is 24.4 Å². The van der Waals surface area contributed by atoms with E-state index in [1.54, 1.807) is 31.2 Å². The summed E-state index contributed by atoms with van der Waals surface area (Å²) >= 11 is 0. The van der Waals surface area contributed by atoms with E-state index in [1.165, 1.54) is 0 Å². The van der Waals surface area contributed by atoms with Crippen LogP contribution in [-0.2, 0) is 15.6 Å². The number of hydrogen-bond donors (Lipinski definition) is 1. The van der Waals surface area contributed by atoms with Gasteiger partial charge in [-0.05, 0) is 24.1 Å². The molecule has 2 rings (SSSR count). The second kappa shape index (κ2) is 6.17. The Morgan fingerprint density at radius 2 is 1.87 bits per heavy atom. The highest BCUT2D eigenvalue weighted by atomic mass is 32.2. The molecule has 2 aromatic carbocycles. The maximum Gasteiger partial charge on any atom is 0.335 e. The molecule has 0 amide bonds. The molecule has 0 atom stereocenters. The van der Waals surface area contributed by atoms with Gasteiger partial charge < -0.3 is 5.11 Å². The third-order valence-corrected chi connectivity index (χ3v) is 4.96. The molecule has 1 N–H and O–H groups in total. The number of nitro groups is 1. The van der Waals surface area contributed by atoms with Crippen molar-refractivity contribution in [1.82, 2.24) is 0 Å². The van der Waals surface area contributed by atoms with Gasteiger partial charge in [0.25, 0.3) is 5.69 Å². The predicted molar refractivity (Wildman–Crippen MR) is 82.1 cm³/mol. The molecule has 0 heterocycles. The molecule has 0 radical (unpaired) electrons. The Hall–Kier alpha value is -2.74. The van der Waals surface area contributed by atoms with Crippen molar-refractivity contribution in [2.75, 3.05) is 0 Å². The number of carboxylic acid groups (broad SMARTS) is 1. The van der Waals surface area contributed by atoms with Crippen LogP contribution >= 0.6 is 0 Å². The van der Waals surface area contributed by atoms with Crippen molar-refractivity contribution >= 4 is 21.5 Å². The van der Waals surface area contributed by atoms with Crippen molar-refractivity contribution in [3.63, 3.8) is 0 Å². The summed E-state index contributed by atoms with van der Waals surface area (Å²) < 4.78 is 25.0. The van der Waals surface area contributed by atoms with Crippen molar-refractivity contribution in [1.29, 1.82) is 0 Å². The lowest BCUT2D eigenvalue weighted by atomic mass is 10.1. The lowest BCUT2D eigenvalue weighted by Crippen LogP contribution is -2.09. The molecule has 23 heavy (non-hydrogen) atoms. The van der Waals surface area contributed by atoms with Crippen LogP contribution in [0.15, 0.2) is 47.4 Å². The number of sulfone groups is 1. The van der Waals surface area contributed by atoms with Crippen molar-refractivity contribution in [3.8, 4) is 0 Å². The summed E-state index contributed by atoms with van der Waals surface area (Å²) in [6.07, 6.45) is 0. The molecule has 120 valence electrons. The average Bonchev–Trinajstić information content (AvgIpc) is 2.49. The fraction of sp³-hybridized carbons (Fsp3) is 0.133. The molecule has 2 aromatic rings. The van der Waals surface area contributed by atoms with Crippen LogP contribution in [0, 0.1) is 17.0 Å². The largest absolute Gasteiger partial charge is 0.478 e. The zero-order valence-corrected chi connectivity index (χ0v) is 12.9. The smallest absolute Gasteiger partial charge is 0.335 e. The normalized spacial score (nSPS) is 11.2. The Balaban J connectivity index is 2.53. The van der Waals surface area contributed by atoms with Gasteiger partial charge in [0.2, 0.25) is 0 Å². The minimum Gasteiger partial charge on any atom is -0.478 e. The summed E-state index contributed by atoms with van der Waals surface area (Å²) in [5, 5.41) is 19.9. The van der Waals surface area contributed by atoms with E-state index in [-0.39, 0.29) is 10.6 Å². The number of aromatic carboxylic acids is 1. The lowest BCUT2D eigenvalue weighted by molar-refractivity contribution is -0.385. The number of rotatable bonds is 5. The molecule has 0 aliphatic heterocycles. The van der Waals surface area contributed by atoms with Crippen molar-refractivity contribution in [3.05, 3.63) is 69.3 Å². The molecule has 0 aliphatic rings. The summed E-state index contributed by atoms with van der Waals surface area (Å²) in [5.41, 5.74) is 0.298. The zero-order chi connectivity index (χ0) is 17.2. The molecule has 7 nitrogen and oxygen atoms in total. The minimum absolute atomic E-state index is 0.361. The Labute approximate surface area is 132 Å². The first-order valence-corrected chi connectivity index (χ1v) is 8.16. The molecule has 8 heteroatoms. The number of benzene rings is 2. The molecule has 0 saturated heterocycles. The Morgan fingerprint density at radius 1 is 1.22 bits per heavy atom. The van der Waals surface area contributed by atoms with Gasteiger partial charge in [-0.2, -0.15) is 0 Å². The average molecular weight is 335 g/mol. The van der Waals surface area contributed by atoms with Gasteiger partial charge in [0.1, 0.15) is 0 Å². The number of carbonyl (C=O) groups is 1.